The Kier molecular flexibility index (Phi) is 5.58. The average molecular weight is 483 g/mol. The topological polar surface area (TPSA) is 113 Å². The van der Waals surface area contributed by atoms with E-state index < -0.39 is 29.1 Å². The van der Waals surface area contributed by atoms with Crippen LogP contribution in [0.5, 0.6) is 0 Å². The lowest BCUT2D eigenvalue weighted by molar-refractivity contribution is -0.144. The third kappa shape index (κ3) is 3.95. The fourth-order valence-corrected chi connectivity index (χ4v) is 7.00. The van der Waals surface area contributed by atoms with Crippen molar-refractivity contribution in [3.63, 3.8) is 0 Å². The van der Waals surface area contributed by atoms with Crippen molar-refractivity contribution in [2.45, 2.75) is 64.5 Å². The van der Waals surface area contributed by atoms with Crippen molar-refractivity contribution in [1.82, 2.24) is 14.9 Å². The van der Waals surface area contributed by atoms with Crippen molar-refractivity contribution in [2.24, 2.45) is 24.8 Å². The number of aryl methyl sites for hydroxylation is 1. The van der Waals surface area contributed by atoms with Crippen LogP contribution in [0.3, 0.4) is 0 Å². The lowest BCUT2D eigenvalue weighted by Crippen LogP contribution is -2.62. The molecule has 0 aliphatic heterocycles. The molecule has 4 aliphatic rings. The van der Waals surface area contributed by atoms with Crippen molar-refractivity contribution in [3.05, 3.63) is 46.3 Å². The van der Waals surface area contributed by atoms with Gasteiger partial charge in [0.2, 0.25) is 5.95 Å². The summed E-state index contributed by atoms with van der Waals surface area (Å²) in [6.07, 6.45) is 5.37. The molecule has 186 valence electrons. The minimum absolute atomic E-state index is 0.109. The average Bonchev–Trinajstić information content (AvgIpc) is 2.99. The van der Waals surface area contributed by atoms with Crippen molar-refractivity contribution in [3.8, 4) is 0 Å². The Bertz CT molecular complexity index is 1240. The van der Waals surface area contributed by atoms with E-state index in [1.165, 1.54) is 12.3 Å². The van der Waals surface area contributed by atoms with Gasteiger partial charge in [-0.3, -0.25) is 14.4 Å². The summed E-state index contributed by atoms with van der Waals surface area (Å²) in [7, 11) is 1.65. The summed E-state index contributed by atoms with van der Waals surface area (Å²) in [5.74, 6) is -1.55. The van der Waals surface area contributed by atoms with E-state index in [0.29, 0.717) is 46.8 Å². The van der Waals surface area contributed by atoms with Gasteiger partial charge in [0, 0.05) is 24.3 Å². The fourth-order valence-electron chi connectivity index (χ4n) is 7.00. The van der Waals surface area contributed by atoms with E-state index in [0.717, 1.165) is 19.3 Å². The number of hydrogen-bond acceptors (Lipinski definition) is 5. The highest BCUT2D eigenvalue weighted by molar-refractivity contribution is 6.43. The SMILES string of the molecule is Cc1cc(NC(=O)c2c(C)c(C(=O)C(=O)N[C@@H]3[C@@H]4C[C@@H]5C[C@H]3C[C@@](O)(C5)C4)n(C)c2C)cnc1F. The summed E-state index contributed by atoms with van der Waals surface area (Å²) in [4.78, 5) is 43.0. The predicted molar refractivity (Wildman–Crippen MR) is 127 cm³/mol. The van der Waals surface area contributed by atoms with E-state index in [-0.39, 0.29) is 23.6 Å². The normalized spacial score (nSPS) is 28.7. The first-order valence-corrected chi connectivity index (χ1v) is 12.1. The van der Waals surface area contributed by atoms with Crippen LogP contribution in [0.25, 0.3) is 0 Å². The zero-order valence-electron chi connectivity index (χ0n) is 20.4. The zero-order valence-corrected chi connectivity index (χ0v) is 20.4. The maximum absolute atomic E-state index is 13.5. The highest BCUT2D eigenvalue weighted by Crippen LogP contribution is 2.55. The molecular weight excluding hydrogens is 451 g/mol. The van der Waals surface area contributed by atoms with Crippen LogP contribution >= 0.6 is 0 Å². The lowest BCUT2D eigenvalue weighted by atomic mass is 9.52. The Morgan fingerprint density at radius 2 is 1.80 bits per heavy atom. The van der Waals surface area contributed by atoms with E-state index in [1.54, 1.807) is 32.4 Å². The lowest BCUT2D eigenvalue weighted by Gasteiger charge is -2.58. The molecule has 4 aliphatic carbocycles. The molecule has 5 atom stereocenters. The molecule has 0 saturated heterocycles. The Hall–Kier alpha value is -3.07. The van der Waals surface area contributed by atoms with Crippen molar-refractivity contribution < 1.29 is 23.9 Å². The number of rotatable bonds is 5. The fraction of sp³-hybridized carbons (Fsp3) is 0.538. The van der Waals surface area contributed by atoms with Crippen LogP contribution < -0.4 is 10.6 Å². The summed E-state index contributed by atoms with van der Waals surface area (Å²) in [6.45, 7) is 4.91. The number of amides is 2. The van der Waals surface area contributed by atoms with Crippen LogP contribution in [0.4, 0.5) is 10.1 Å². The van der Waals surface area contributed by atoms with Crippen LogP contribution in [0, 0.1) is 44.5 Å². The van der Waals surface area contributed by atoms with Gasteiger partial charge in [0.1, 0.15) is 0 Å². The molecule has 9 heteroatoms. The number of anilines is 1. The minimum atomic E-state index is -0.682. The summed E-state index contributed by atoms with van der Waals surface area (Å²) in [5, 5.41) is 16.5. The number of Topliss-reactive ketones (excluding diaryl/α,β-unsaturated/α-hetero) is 1. The molecule has 4 fully saturated rings. The van der Waals surface area contributed by atoms with Gasteiger partial charge in [-0.15, -0.1) is 0 Å². The van der Waals surface area contributed by atoms with Crippen molar-refractivity contribution in [2.75, 3.05) is 5.32 Å². The minimum Gasteiger partial charge on any atom is -0.390 e. The molecule has 0 radical (unpaired) electrons. The first-order valence-electron chi connectivity index (χ1n) is 12.1. The largest absolute Gasteiger partial charge is 0.390 e. The Balaban J connectivity index is 1.35. The van der Waals surface area contributed by atoms with Crippen molar-refractivity contribution >= 4 is 23.3 Å². The second kappa shape index (κ2) is 8.26. The van der Waals surface area contributed by atoms with Crippen LogP contribution in [-0.4, -0.2) is 43.9 Å². The maximum atomic E-state index is 13.5. The first-order chi connectivity index (χ1) is 16.5. The van der Waals surface area contributed by atoms with Gasteiger partial charge >= 0.3 is 0 Å². The maximum Gasteiger partial charge on any atom is 0.294 e. The first kappa shape index (κ1) is 23.7. The van der Waals surface area contributed by atoms with Crippen LogP contribution in [-0.2, 0) is 11.8 Å². The number of carbonyl (C=O) groups is 3. The highest BCUT2D eigenvalue weighted by Gasteiger charge is 2.55. The Labute approximate surface area is 203 Å². The van der Waals surface area contributed by atoms with E-state index in [9.17, 15) is 23.9 Å². The predicted octanol–water partition coefficient (Wildman–Crippen LogP) is 2.98. The molecule has 0 unspecified atom stereocenters. The van der Waals surface area contributed by atoms with E-state index >= 15 is 0 Å². The van der Waals surface area contributed by atoms with Gasteiger partial charge in [0.15, 0.2) is 0 Å². The molecule has 4 saturated carbocycles. The molecule has 0 aromatic carbocycles. The standard InChI is InChI=1S/C26H31FN4O4/c1-12-5-18(11-28-23(12)27)29-24(33)19-13(2)21(31(4)14(19)3)22(32)25(34)30-20-16-6-15-7-17(20)10-26(35,8-15)9-16/h5,11,15-17,20,35H,6-10H2,1-4H3,(H,29,33)(H,30,34)/t15-,16-,17+,20-,26-. The number of ketones is 1. The third-order valence-corrected chi connectivity index (χ3v) is 8.39. The molecule has 2 aromatic rings. The van der Waals surface area contributed by atoms with Crippen LogP contribution in [0.15, 0.2) is 12.3 Å². The van der Waals surface area contributed by atoms with Gasteiger partial charge in [-0.1, -0.05) is 0 Å². The third-order valence-electron chi connectivity index (χ3n) is 8.39. The number of pyridine rings is 1. The molecule has 6 rings (SSSR count). The Morgan fingerprint density at radius 3 is 2.40 bits per heavy atom. The van der Waals surface area contributed by atoms with Crippen molar-refractivity contribution in [1.29, 1.82) is 0 Å². The number of aliphatic hydroxyl groups is 1. The summed E-state index contributed by atoms with van der Waals surface area (Å²) in [5.41, 5.74) is 1.44. The van der Waals surface area contributed by atoms with Gasteiger partial charge in [-0.2, -0.15) is 4.39 Å². The van der Waals surface area contributed by atoms with Gasteiger partial charge < -0.3 is 20.3 Å². The highest BCUT2D eigenvalue weighted by atomic mass is 19.1. The molecule has 4 bridgehead atoms. The number of nitrogens with one attached hydrogen (secondary N) is 2. The number of halogens is 1. The second-order valence-electron chi connectivity index (χ2n) is 10.8. The molecule has 2 aromatic heterocycles. The van der Waals surface area contributed by atoms with E-state index in [4.69, 9.17) is 0 Å². The van der Waals surface area contributed by atoms with E-state index in [1.807, 2.05) is 0 Å². The van der Waals surface area contributed by atoms with Gasteiger partial charge in [0.05, 0.1) is 28.7 Å². The van der Waals surface area contributed by atoms with Gasteiger partial charge in [-0.05, 0) is 82.3 Å². The zero-order chi connectivity index (χ0) is 25.2. The number of aromatic nitrogens is 2. The molecule has 2 amide bonds. The quantitative estimate of drug-likeness (QED) is 0.345. The van der Waals surface area contributed by atoms with Gasteiger partial charge in [-0.25, -0.2) is 4.98 Å². The smallest absolute Gasteiger partial charge is 0.294 e. The summed E-state index contributed by atoms with van der Waals surface area (Å²) >= 11 is 0. The molecule has 35 heavy (non-hydrogen) atoms. The second-order valence-corrected chi connectivity index (χ2v) is 10.8. The van der Waals surface area contributed by atoms with Gasteiger partial charge in [0.25, 0.3) is 17.6 Å². The number of hydrogen-bond donors (Lipinski definition) is 3. The Morgan fingerprint density at radius 1 is 1.14 bits per heavy atom. The molecule has 2 heterocycles. The molecule has 3 N–H and O–H groups in total. The van der Waals surface area contributed by atoms with Crippen LogP contribution in [0.1, 0.15) is 69.8 Å². The molecule has 0 spiro atoms. The summed E-state index contributed by atoms with van der Waals surface area (Å²) < 4.78 is 15.0. The van der Waals surface area contributed by atoms with E-state index in [2.05, 4.69) is 15.6 Å². The monoisotopic (exact) mass is 482 g/mol. The number of nitrogens with zero attached hydrogens (tertiary/aromatic N) is 2. The molecular formula is C26H31FN4O4. The molecule has 8 nitrogen and oxygen atoms in total. The summed E-state index contributed by atoms with van der Waals surface area (Å²) in [6, 6.07) is 1.37. The van der Waals surface area contributed by atoms with Crippen LogP contribution in [0.2, 0.25) is 0 Å². The number of carbonyl (C=O) groups excluding carboxylic acids is 3.